The fourth-order valence-electron chi connectivity index (χ4n) is 4.84. The Hall–Kier alpha value is -3.14. The first-order valence-electron chi connectivity index (χ1n) is 11.6. The Kier molecular flexibility index (Phi) is 4.45. The summed E-state index contributed by atoms with van der Waals surface area (Å²) in [5.74, 6) is -1.17. The van der Waals surface area contributed by atoms with Crippen LogP contribution in [0.1, 0.15) is 54.9 Å². The van der Waals surface area contributed by atoms with Crippen molar-refractivity contribution in [2.45, 2.75) is 63.8 Å². The van der Waals surface area contributed by atoms with Gasteiger partial charge in [-0.2, -0.15) is 9.61 Å². The van der Waals surface area contributed by atoms with Gasteiger partial charge in [-0.25, -0.2) is 0 Å². The number of fused-ring (bicyclic) bond motifs is 3. The molecule has 0 unspecified atom stereocenters. The summed E-state index contributed by atoms with van der Waals surface area (Å²) in [6, 6.07) is 0.162. The summed E-state index contributed by atoms with van der Waals surface area (Å²) in [5.41, 5.74) is 0.0448. The fraction of sp³-hybridized carbons (Fsp3) is 0.565. The molecule has 2 aromatic rings. The number of rotatable bonds is 6. The molecule has 2 aromatic heterocycles. The van der Waals surface area contributed by atoms with Gasteiger partial charge in [0.15, 0.2) is 5.56 Å². The van der Waals surface area contributed by atoms with Gasteiger partial charge in [0.1, 0.15) is 5.65 Å². The van der Waals surface area contributed by atoms with E-state index in [0.717, 1.165) is 32.1 Å². The molecule has 10 nitrogen and oxygen atoms in total. The van der Waals surface area contributed by atoms with Crippen molar-refractivity contribution >= 4 is 23.5 Å². The van der Waals surface area contributed by atoms with E-state index in [1.165, 1.54) is 21.4 Å². The number of carbonyl (C=O) groups excluding carboxylic acids is 2. The van der Waals surface area contributed by atoms with Crippen LogP contribution in [0.25, 0.3) is 11.7 Å². The average molecular weight is 453 g/mol. The number of likely N-dealkylation sites (tertiary alicyclic amines) is 1. The highest BCUT2D eigenvalue weighted by molar-refractivity contribution is 5.97. The van der Waals surface area contributed by atoms with Gasteiger partial charge in [-0.05, 0) is 43.6 Å². The summed E-state index contributed by atoms with van der Waals surface area (Å²) in [5, 5.41) is 17.9. The molecule has 10 heteroatoms. The Labute approximate surface area is 189 Å². The maximum atomic E-state index is 13.4. The van der Waals surface area contributed by atoms with Crippen molar-refractivity contribution in [1.29, 1.82) is 0 Å². The van der Waals surface area contributed by atoms with Gasteiger partial charge in [0.25, 0.3) is 11.5 Å². The monoisotopic (exact) mass is 453 g/mol. The minimum atomic E-state index is -0.578. The van der Waals surface area contributed by atoms with Gasteiger partial charge in [-0.15, -0.1) is 0 Å². The standard InChI is InChI=1S/C23H27N5O5/c1-23(6-7-23)12-27-20-13(2-5-17(29)26-10-16-8-15(26)11-33-16)9-24-28(20)22(32)18(21(27)31)19(30)25-14-3-4-14/h2,5,9,14-16,32H,3-4,6-8,10-12H2,1H3,(H,25,30)/b5-2+/t15-,16-/m1/s1. The van der Waals surface area contributed by atoms with Crippen LogP contribution in [0.3, 0.4) is 0 Å². The number of aromatic hydroxyl groups is 1. The molecule has 4 aliphatic rings. The van der Waals surface area contributed by atoms with Gasteiger partial charge in [-0.1, -0.05) is 6.92 Å². The lowest BCUT2D eigenvalue weighted by atomic mass is 10.1. The van der Waals surface area contributed by atoms with E-state index < -0.39 is 17.3 Å². The highest BCUT2D eigenvalue weighted by atomic mass is 16.5. The molecule has 2 bridgehead atoms. The van der Waals surface area contributed by atoms with E-state index >= 15 is 0 Å². The average Bonchev–Trinajstić information content (AvgIpc) is 3.57. The van der Waals surface area contributed by atoms with E-state index in [-0.39, 0.29) is 35.1 Å². The zero-order valence-corrected chi connectivity index (χ0v) is 18.5. The molecule has 0 aromatic carbocycles. The van der Waals surface area contributed by atoms with Gasteiger partial charge in [0.05, 0.1) is 24.9 Å². The van der Waals surface area contributed by atoms with Gasteiger partial charge in [0.2, 0.25) is 11.8 Å². The van der Waals surface area contributed by atoms with Crippen molar-refractivity contribution in [3.05, 3.63) is 33.8 Å². The number of ether oxygens (including phenoxy) is 1. The lowest BCUT2D eigenvalue weighted by molar-refractivity contribution is -0.130. The molecule has 2 saturated heterocycles. The number of hydrogen-bond acceptors (Lipinski definition) is 6. The maximum Gasteiger partial charge on any atom is 0.270 e. The van der Waals surface area contributed by atoms with Gasteiger partial charge in [-0.3, -0.25) is 19.0 Å². The Morgan fingerprint density at radius 2 is 2.15 bits per heavy atom. The Morgan fingerprint density at radius 3 is 2.79 bits per heavy atom. The van der Waals surface area contributed by atoms with Crippen molar-refractivity contribution in [2.75, 3.05) is 13.2 Å². The van der Waals surface area contributed by atoms with Crippen LogP contribution in [0.5, 0.6) is 5.88 Å². The first kappa shape index (κ1) is 20.5. The highest BCUT2D eigenvalue weighted by Crippen LogP contribution is 2.46. The molecule has 2 amide bonds. The van der Waals surface area contributed by atoms with Crippen LogP contribution in [-0.2, 0) is 16.1 Å². The fourth-order valence-corrected chi connectivity index (χ4v) is 4.84. The van der Waals surface area contributed by atoms with E-state index in [4.69, 9.17) is 4.74 Å². The largest absolute Gasteiger partial charge is 0.492 e. The van der Waals surface area contributed by atoms with Crippen LogP contribution < -0.4 is 10.9 Å². The predicted molar refractivity (Wildman–Crippen MR) is 118 cm³/mol. The minimum absolute atomic E-state index is 0.0403. The SMILES string of the molecule is CC1(Cn2c(=O)c(C(=O)NC3CC3)c(O)n3ncc(/C=C/C(=O)N4C[C@H]5C[C@@H]4CO5)c23)CC1. The molecule has 0 radical (unpaired) electrons. The van der Waals surface area contributed by atoms with Crippen molar-refractivity contribution in [3.8, 4) is 5.88 Å². The summed E-state index contributed by atoms with van der Waals surface area (Å²) in [4.78, 5) is 40.7. The molecule has 33 heavy (non-hydrogen) atoms. The quantitative estimate of drug-likeness (QED) is 0.628. The van der Waals surface area contributed by atoms with Crippen LogP contribution in [-0.4, -0.2) is 67.3 Å². The highest BCUT2D eigenvalue weighted by Gasteiger charge is 2.41. The van der Waals surface area contributed by atoms with E-state index in [1.54, 1.807) is 6.08 Å². The van der Waals surface area contributed by atoms with E-state index in [1.807, 2.05) is 4.90 Å². The van der Waals surface area contributed by atoms with Crippen LogP contribution in [0.4, 0.5) is 0 Å². The second kappa shape index (κ2) is 7.18. The summed E-state index contributed by atoms with van der Waals surface area (Å²) in [6.45, 7) is 3.66. The molecule has 4 heterocycles. The predicted octanol–water partition coefficient (Wildman–Crippen LogP) is 0.907. The third-order valence-electron chi connectivity index (χ3n) is 7.28. The summed E-state index contributed by atoms with van der Waals surface area (Å²) >= 11 is 0. The van der Waals surface area contributed by atoms with Gasteiger partial charge >= 0.3 is 0 Å². The third kappa shape index (κ3) is 3.52. The number of nitrogens with one attached hydrogen (secondary N) is 1. The second-order valence-electron chi connectivity index (χ2n) is 10.2. The smallest absolute Gasteiger partial charge is 0.270 e. The molecule has 4 fully saturated rings. The van der Waals surface area contributed by atoms with Crippen molar-refractivity contribution in [1.82, 2.24) is 24.4 Å². The van der Waals surface area contributed by atoms with E-state index in [9.17, 15) is 19.5 Å². The van der Waals surface area contributed by atoms with Gasteiger partial charge in [0, 0.05) is 30.8 Å². The van der Waals surface area contributed by atoms with E-state index in [0.29, 0.717) is 30.9 Å². The second-order valence-corrected chi connectivity index (χ2v) is 10.2. The molecule has 174 valence electrons. The molecule has 2 aliphatic carbocycles. The minimum Gasteiger partial charge on any atom is -0.492 e. The van der Waals surface area contributed by atoms with Crippen LogP contribution in [0.2, 0.25) is 0 Å². The molecule has 2 aliphatic heterocycles. The van der Waals surface area contributed by atoms with Crippen LogP contribution in [0, 0.1) is 5.41 Å². The number of morpholine rings is 1. The zero-order valence-electron chi connectivity index (χ0n) is 18.5. The topological polar surface area (TPSA) is 118 Å². The molecular formula is C23H27N5O5. The Morgan fingerprint density at radius 1 is 1.36 bits per heavy atom. The summed E-state index contributed by atoms with van der Waals surface area (Å²) in [6.07, 6.45) is 9.31. The molecule has 6 rings (SSSR count). The number of aromatic nitrogens is 3. The molecule has 2 atom stereocenters. The molecule has 2 N–H and O–H groups in total. The van der Waals surface area contributed by atoms with E-state index in [2.05, 4.69) is 17.3 Å². The maximum absolute atomic E-state index is 13.4. The first-order valence-corrected chi connectivity index (χ1v) is 11.6. The lowest BCUT2D eigenvalue weighted by Crippen LogP contribution is -2.40. The molecule has 0 spiro atoms. The molecular weight excluding hydrogens is 426 g/mol. The van der Waals surface area contributed by atoms with Gasteiger partial charge < -0.3 is 20.1 Å². The summed E-state index contributed by atoms with van der Waals surface area (Å²) < 4.78 is 8.32. The molecule has 2 saturated carbocycles. The lowest BCUT2D eigenvalue weighted by Gasteiger charge is -2.25. The first-order chi connectivity index (χ1) is 15.8. The summed E-state index contributed by atoms with van der Waals surface area (Å²) in [7, 11) is 0. The number of hydrogen-bond donors (Lipinski definition) is 2. The third-order valence-corrected chi connectivity index (χ3v) is 7.28. The number of amides is 2. The number of carbonyl (C=O) groups is 2. The Balaban J connectivity index is 1.39. The zero-order chi connectivity index (χ0) is 22.9. The van der Waals surface area contributed by atoms with Crippen molar-refractivity contribution in [3.63, 3.8) is 0 Å². The van der Waals surface area contributed by atoms with Crippen molar-refractivity contribution in [2.24, 2.45) is 5.41 Å². The Bertz CT molecular complexity index is 1250. The number of nitrogens with zero attached hydrogens (tertiary/aromatic N) is 4. The normalized spacial score (nSPS) is 25.3. The van der Waals surface area contributed by atoms with Crippen LogP contribution >= 0.6 is 0 Å². The van der Waals surface area contributed by atoms with Crippen molar-refractivity contribution < 1.29 is 19.4 Å². The van der Waals surface area contributed by atoms with Crippen LogP contribution in [0.15, 0.2) is 17.1 Å².